The number of alkyl halides is 3. The van der Waals surface area contributed by atoms with Crippen molar-refractivity contribution in [3.63, 3.8) is 0 Å². The molecule has 0 aliphatic rings. The highest BCUT2D eigenvalue weighted by Gasteiger charge is 2.34. The molecule has 0 atom stereocenters. The third-order valence-electron chi connectivity index (χ3n) is 2.65. The molecule has 19 heavy (non-hydrogen) atoms. The summed E-state index contributed by atoms with van der Waals surface area (Å²) in [5, 5.41) is 9.22. The Balaban J connectivity index is 2.66. The molecule has 1 aromatic carbocycles. The van der Waals surface area contributed by atoms with Crippen LogP contribution in [-0.4, -0.2) is 10.1 Å². The molecular weight excluding hydrogens is 257 g/mol. The van der Waals surface area contributed by atoms with Gasteiger partial charge in [0.25, 0.3) is 0 Å². The number of halogens is 3. The van der Waals surface area contributed by atoms with Gasteiger partial charge in [-0.3, -0.25) is 4.98 Å². The summed E-state index contributed by atoms with van der Waals surface area (Å²) >= 11 is 0. The van der Waals surface area contributed by atoms with Gasteiger partial charge in [0.05, 0.1) is 29.7 Å². The lowest BCUT2D eigenvalue weighted by Crippen LogP contribution is -2.08. The van der Waals surface area contributed by atoms with E-state index in [2.05, 4.69) is 4.98 Å². The van der Waals surface area contributed by atoms with Crippen molar-refractivity contribution in [3.8, 4) is 11.3 Å². The first kappa shape index (κ1) is 13.4. The minimum atomic E-state index is -4.48. The minimum absolute atomic E-state index is 0.0703. The zero-order valence-corrected chi connectivity index (χ0v) is 9.78. The number of anilines is 1. The standard InChI is InChI=1S/C13H11F3N2O/c14-13(15,16)11-4-2-1-3-10(11)12-8(7-19)5-9(17)6-18-12/h1-6,19H,7,17H2. The Kier molecular flexibility index (Phi) is 3.44. The normalized spacial score (nSPS) is 11.6. The molecule has 2 aromatic rings. The highest BCUT2D eigenvalue weighted by molar-refractivity contribution is 5.69. The molecule has 0 aliphatic heterocycles. The number of aromatic nitrogens is 1. The number of hydrogen-bond donors (Lipinski definition) is 2. The van der Waals surface area contributed by atoms with Crippen LogP contribution in [0.25, 0.3) is 11.3 Å². The van der Waals surface area contributed by atoms with Crippen molar-refractivity contribution < 1.29 is 18.3 Å². The average molecular weight is 268 g/mol. The van der Waals surface area contributed by atoms with E-state index in [-0.39, 0.29) is 22.5 Å². The van der Waals surface area contributed by atoms with Crippen LogP contribution in [0.3, 0.4) is 0 Å². The molecule has 3 nitrogen and oxygen atoms in total. The molecule has 3 N–H and O–H groups in total. The Labute approximate surface area is 107 Å². The van der Waals surface area contributed by atoms with Gasteiger partial charge in [0.15, 0.2) is 0 Å². The van der Waals surface area contributed by atoms with Crippen molar-refractivity contribution in [2.75, 3.05) is 5.73 Å². The maximum atomic E-state index is 12.9. The van der Waals surface area contributed by atoms with Gasteiger partial charge >= 0.3 is 6.18 Å². The van der Waals surface area contributed by atoms with Crippen LogP contribution < -0.4 is 5.73 Å². The molecule has 0 bridgehead atoms. The number of nitrogens with two attached hydrogens (primary N) is 1. The van der Waals surface area contributed by atoms with Crippen molar-refractivity contribution in [2.24, 2.45) is 0 Å². The maximum absolute atomic E-state index is 12.9. The summed E-state index contributed by atoms with van der Waals surface area (Å²) in [5.41, 5.74) is 5.29. The highest BCUT2D eigenvalue weighted by atomic mass is 19.4. The lowest BCUT2D eigenvalue weighted by molar-refractivity contribution is -0.137. The molecule has 0 aliphatic carbocycles. The summed E-state index contributed by atoms with van der Waals surface area (Å²) in [6, 6.07) is 6.51. The zero-order valence-electron chi connectivity index (χ0n) is 9.78. The van der Waals surface area contributed by atoms with E-state index in [0.29, 0.717) is 0 Å². The van der Waals surface area contributed by atoms with Crippen LogP contribution in [0.15, 0.2) is 36.5 Å². The fourth-order valence-corrected chi connectivity index (χ4v) is 1.83. The molecule has 0 saturated heterocycles. The van der Waals surface area contributed by atoms with E-state index in [1.807, 2.05) is 0 Å². The Morgan fingerprint density at radius 3 is 2.53 bits per heavy atom. The van der Waals surface area contributed by atoms with Gasteiger partial charge in [0.1, 0.15) is 0 Å². The predicted molar refractivity (Wildman–Crippen MR) is 65.0 cm³/mol. The summed E-state index contributed by atoms with van der Waals surface area (Å²) in [7, 11) is 0. The SMILES string of the molecule is Nc1cnc(-c2ccccc2C(F)(F)F)c(CO)c1. The van der Waals surface area contributed by atoms with E-state index in [1.165, 1.54) is 30.5 Å². The number of nitrogens with zero attached hydrogens (tertiary/aromatic N) is 1. The molecule has 6 heteroatoms. The van der Waals surface area contributed by atoms with Crippen LogP contribution >= 0.6 is 0 Å². The Hall–Kier alpha value is -2.08. The van der Waals surface area contributed by atoms with E-state index in [1.54, 1.807) is 0 Å². The summed E-state index contributed by atoms with van der Waals surface area (Å²) in [4.78, 5) is 3.91. The van der Waals surface area contributed by atoms with Gasteiger partial charge in [-0.05, 0) is 12.1 Å². The molecule has 0 spiro atoms. The number of benzene rings is 1. The van der Waals surface area contributed by atoms with Crippen molar-refractivity contribution in [1.82, 2.24) is 4.98 Å². The van der Waals surface area contributed by atoms with E-state index < -0.39 is 18.3 Å². The molecule has 2 rings (SSSR count). The zero-order chi connectivity index (χ0) is 14.0. The van der Waals surface area contributed by atoms with Gasteiger partial charge in [-0.25, -0.2) is 0 Å². The van der Waals surface area contributed by atoms with Crippen LogP contribution in [0.5, 0.6) is 0 Å². The van der Waals surface area contributed by atoms with Crippen molar-refractivity contribution in [1.29, 1.82) is 0 Å². The quantitative estimate of drug-likeness (QED) is 0.880. The summed E-state index contributed by atoms with van der Waals surface area (Å²) in [6.07, 6.45) is -3.21. The van der Waals surface area contributed by atoms with E-state index >= 15 is 0 Å². The van der Waals surface area contributed by atoms with Crippen molar-refractivity contribution in [2.45, 2.75) is 12.8 Å². The van der Waals surface area contributed by atoms with Crippen molar-refractivity contribution in [3.05, 3.63) is 47.7 Å². The molecular formula is C13H11F3N2O. The maximum Gasteiger partial charge on any atom is 0.417 e. The van der Waals surface area contributed by atoms with Crippen LogP contribution in [0.4, 0.5) is 18.9 Å². The minimum Gasteiger partial charge on any atom is -0.397 e. The Morgan fingerprint density at radius 2 is 1.89 bits per heavy atom. The third kappa shape index (κ3) is 2.68. The Morgan fingerprint density at radius 1 is 1.21 bits per heavy atom. The molecule has 1 aromatic heterocycles. The van der Waals surface area contributed by atoms with Crippen LogP contribution in [0, 0.1) is 0 Å². The number of nitrogen functional groups attached to an aromatic ring is 1. The molecule has 1 heterocycles. The molecule has 0 amide bonds. The van der Waals surface area contributed by atoms with E-state index in [0.717, 1.165) is 6.07 Å². The first-order valence-electron chi connectivity index (χ1n) is 5.45. The fraction of sp³-hybridized carbons (Fsp3) is 0.154. The highest BCUT2D eigenvalue weighted by Crippen LogP contribution is 2.37. The lowest BCUT2D eigenvalue weighted by atomic mass is 10.00. The average Bonchev–Trinajstić information content (AvgIpc) is 2.37. The topological polar surface area (TPSA) is 59.1 Å². The van der Waals surface area contributed by atoms with Crippen LogP contribution in [0.2, 0.25) is 0 Å². The van der Waals surface area contributed by atoms with Gasteiger partial charge in [0, 0.05) is 11.1 Å². The number of hydrogen-bond acceptors (Lipinski definition) is 3. The van der Waals surface area contributed by atoms with E-state index in [4.69, 9.17) is 5.73 Å². The predicted octanol–water partition coefficient (Wildman–Crippen LogP) is 2.84. The second-order valence-electron chi connectivity index (χ2n) is 3.98. The molecule has 0 unspecified atom stereocenters. The van der Waals surface area contributed by atoms with E-state index in [9.17, 15) is 18.3 Å². The molecule has 0 saturated carbocycles. The summed E-state index contributed by atoms with van der Waals surface area (Å²) < 4.78 is 38.8. The largest absolute Gasteiger partial charge is 0.417 e. The van der Waals surface area contributed by atoms with Crippen LogP contribution in [0.1, 0.15) is 11.1 Å². The number of pyridine rings is 1. The molecule has 0 radical (unpaired) electrons. The third-order valence-corrected chi connectivity index (χ3v) is 2.65. The van der Waals surface area contributed by atoms with Crippen molar-refractivity contribution >= 4 is 5.69 Å². The monoisotopic (exact) mass is 268 g/mol. The van der Waals surface area contributed by atoms with Gasteiger partial charge < -0.3 is 10.8 Å². The van der Waals surface area contributed by atoms with Gasteiger partial charge in [-0.2, -0.15) is 13.2 Å². The Bertz CT molecular complexity index is 597. The van der Waals surface area contributed by atoms with Gasteiger partial charge in [0.2, 0.25) is 0 Å². The lowest BCUT2D eigenvalue weighted by Gasteiger charge is -2.14. The first-order valence-corrected chi connectivity index (χ1v) is 5.45. The van der Waals surface area contributed by atoms with Crippen LogP contribution in [-0.2, 0) is 12.8 Å². The molecule has 0 fully saturated rings. The smallest absolute Gasteiger partial charge is 0.397 e. The van der Waals surface area contributed by atoms with Gasteiger partial charge in [-0.1, -0.05) is 18.2 Å². The number of aliphatic hydroxyl groups excluding tert-OH is 1. The number of aliphatic hydroxyl groups is 1. The number of rotatable bonds is 2. The van der Waals surface area contributed by atoms with Gasteiger partial charge in [-0.15, -0.1) is 0 Å². The summed E-state index contributed by atoms with van der Waals surface area (Å²) in [6.45, 7) is -0.431. The summed E-state index contributed by atoms with van der Waals surface area (Å²) in [5.74, 6) is 0. The molecule has 100 valence electrons. The second-order valence-corrected chi connectivity index (χ2v) is 3.98. The second kappa shape index (κ2) is 4.89. The fourth-order valence-electron chi connectivity index (χ4n) is 1.83. The first-order chi connectivity index (χ1) is 8.93.